The molecular formula is C30H22F5N3O5S. The number of rotatable bonds is 7. The smallest absolute Gasteiger partial charge is 0.440 e. The summed E-state index contributed by atoms with van der Waals surface area (Å²) in [7, 11) is -1.28. The number of hydrogen-bond acceptors (Lipinski definition) is 7. The predicted molar refractivity (Wildman–Crippen MR) is 149 cm³/mol. The van der Waals surface area contributed by atoms with Crippen molar-refractivity contribution in [2.75, 3.05) is 12.9 Å². The van der Waals surface area contributed by atoms with E-state index < -0.39 is 29.0 Å². The Morgan fingerprint density at radius 2 is 1.68 bits per heavy atom. The standard InChI is InChI=1S/C30H22F5N3O5S/c1-16-36-25(29(31,32)33)15-38(16)22-8-6-18(17-4-3-5-20(12-17)44(2)40)13-21(22)28-27(37-26(41-28)10-11-39)19-7-9-23-24(14-19)43-30(34,35)42-23/h3-9,12-15,39H,10-11H2,1-2H3. The van der Waals surface area contributed by atoms with Gasteiger partial charge in [-0.25, -0.2) is 9.97 Å². The Balaban J connectivity index is 1.59. The Labute approximate surface area is 249 Å². The van der Waals surface area contributed by atoms with Crippen molar-refractivity contribution in [3.8, 4) is 50.9 Å². The molecule has 0 bridgehead atoms. The van der Waals surface area contributed by atoms with Gasteiger partial charge in [0.1, 0.15) is 11.5 Å². The van der Waals surface area contributed by atoms with Crippen LogP contribution >= 0.6 is 0 Å². The van der Waals surface area contributed by atoms with Gasteiger partial charge in [0.25, 0.3) is 0 Å². The molecule has 0 amide bonds. The van der Waals surface area contributed by atoms with E-state index in [4.69, 9.17) is 4.42 Å². The molecule has 8 nitrogen and oxygen atoms in total. The molecule has 0 aliphatic carbocycles. The van der Waals surface area contributed by atoms with Gasteiger partial charge in [0.15, 0.2) is 28.8 Å². The topological polar surface area (TPSA) is 99.6 Å². The molecule has 0 saturated heterocycles. The Morgan fingerprint density at radius 1 is 0.955 bits per heavy atom. The quantitative estimate of drug-likeness (QED) is 0.198. The molecule has 1 unspecified atom stereocenters. The number of aryl methyl sites for hydroxylation is 1. The lowest BCUT2D eigenvalue weighted by molar-refractivity contribution is -0.286. The van der Waals surface area contributed by atoms with Crippen molar-refractivity contribution in [1.29, 1.82) is 0 Å². The lowest BCUT2D eigenvalue weighted by Gasteiger charge is -2.14. The highest BCUT2D eigenvalue weighted by Gasteiger charge is 2.43. The number of aliphatic hydroxyl groups is 1. The summed E-state index contributed by atoms with van der Waals surface area (Å²) in [5, 5.41) is 9.59. The van der Waals surface area contributed by atoms with E-state index in [1.54, 1.807) is 48.7 Å². The minimum Gasteiger partial charge on any atom is -0.440 e. The number of alkyl halides is 5. The molecule has 0 spiro atoms. The monoisotopic (exact) mass is 631 g/mol. The fraction of sp³-hybridized carbons (Fsp3) is 0.200. The van der Waals surface area contributed by atoms with Crippen molar-refractivity contribution in [2.24, 2.45) is 0 Å². The Kier molecular flexibility index (Phi) is 7.28. The largest absolute Gasteiger partial charge is 0.586 e. The molecule has 1 aliphatic heterocycles. The fourth-order valence-corrected chi connectivity index (χ4v) is 5.42. The number of imidazole rings is 1. The van der Waals surface area contributed by atoms with Gasteiger partial charge in [-0.05, 0) is 60.5 Å². The van der Waals surface area contributed by atoms with Crippen LogP contribution < -0.4 is 9.47 Å². The molecule has 3 aromatic carbocycles. The Hall–Kier alpha value is -4.56. The van der Waals surface area contributed by atoms with Crippen LogP contribution in [0.25, 0.3) is 39.4 Å². The van der Waals surface area contributed by atoms with Crippen molar-refractivity contribution in [2.45, 2.75) is 30.7 Å². The minimum atomic E-state index is -4.70. The zero-order chi connectivity index (χ0) is 31.4. The van der Waals surface area contributed by atoms with Crippen LogP contribution in [-0.4, -0.2) is 43.0 Å². The van der Waals surface area contributed by atoms with Crippen LogP contribution in [0.1, 0.15) is 17.4 Å². The highest BCUT2D eigenvalue weighted by molar-refractivity contribution is 7.84. The number of nitrogens with zero attached hydrogens (tertiary/aromatic N) is 3. The van der Waals surface area contributed by atoms with Gasteiger partial charge in [0, 0.05) is 45.7 Å². The molecule has 0 fully saturated rings. The lowest BCUT2D eigenvalue weighted by atomic mass is 9.98. The Morgan fingerprint density at radius 3 is 2.39 bits per heavy atom. The molecule has 14 heteroatoms. The van der Waals surface area contributed by atoms with Crippen LogP contribution in [0, 0.1) is 6.92 Å². The third-order valence-corrected chi connectivity index (χ3v) is 7.76. The molecule has 1 N–H and O–H groups in total. The van der Waals surface area contributed by atoms with Crippen LogP contribution in [0.3, 0.4) is 0 Å². The van der Waals surface area contributed by atoms with E-state index in [0.717, 1.165) is 6.20 Å². The maximum Gasteiger partial charge on any atom is 0.586 e. The second-order valence-electron chi connectivity index (χ2n) is 9.84. The summed E-state index contributed by atoms with van der Waals surface area (Å²) in [5.74, 6) is -0.212. The van der Waals surface area contributed by atoms with E-state index in [2.05, 4.69) is 19.4 Å². The van der Waals surface area contributed by atoms with Crippen molar-refractivity contribution >= 4 is 10.8 Å². The fourth-order valence-electron chi connectivity index (χ4n) is 4.86. The number of oxazole rings is 1. The average Bonchev–Trinajstić information content (AvgIpc) is 3.66. The zero-order valence-electron chi connectivity index (χ0n) is 23.0. The predicted octanol–water partition coefficient (Wildman–Crippen LogP) is 6.78. The van der Waals surface area contributed by atoms with Crippen molar-refractivity contribution in [3.05, 3.63) is 84.3 Å². The van der Waals surface area contributed by atoms with Gasteiger partial charge in [0.2, 0.25) is 0 Å². The van der Waals surface area contributed by atoms with Crippen molar-refractivity contribution in [3.63, 3.8) is 0 Å². The van der Waals surface area contributed by atoms with Crippen molar-refractivity contribution < 1.29 is 45.2 Å². The van der Waals surface area contributed by atoms with Crippen LogP contribution in [0.15, 0.2) is 76.2 Å². The number of ether oxygens (including phenoxy) is 2. The number of fused-ring (bicyclic) bond motifs is 1. The van der Waals surface area contributed by atoms with Gasteiger partial charge in [-0.2, -0.15) is 13.2 Å². The highest BCUT2D eigenvalue weighted by atomic mass is 32.2. The van der Waals surface area contributed by atoms with E-state index in [1.165, 1.54) is 29.7 Å². The summed E-state index contributed by atoms with van der Waals surface area (Å²) < 4.78 is 97.0. The molecule has 228 valence electrons. The maximum absolute atomic E-state index is 13.8. The first-order chi connectivity index (χ1) is 20.8. The normalized spacial score (nSPS) is 14.6. The molecule has 5 aromatic rings. The Bertz CT molecular complexity index is 1920. The molecule has 44 heavy (non-hydrogen) atoms. The van der Waals surface area contributed by atoms with E-state index in [-0.39, 0.29) is 64.5 Å². The second kappa shape index (κ2) is 10.9. The molecule has 1 aliphatic rings. The van der Waals surface area contributed by atoms with Crippen LogP contribution in [0.2, 0.25) is 0 Å². The summed E-state index contributed by atoms with van der Waals surface area (Å²) in [6.07, 6.45) is -6.16. The number of halogens is 5. The summed E-state index contributed by atoms with van der Waals surface area (Å²) >= 11 is 0. The highest BCUT2D eigenvalue weighted by Crippen LogP contribution is 2.45. The third-order valence-electron chi connectivity index (χ3n) is 6.84. The van der Waals surface area contributed by atoms with E-state index in [9.17, 15) is 31.3 Å². The van der Waals surface area contributed by atoms with Gasteiger partial charge in [-0.15, -0.1) is 8.78 Å². The first-order valence-electron chi connectivity index (χ1n) is 13.1. The first kappa shape index (κ1) is 29.5. The van der Waals surface area contributed by atoms with E-state index in [1.807, 2.05) is 0 Å². The summed E-state index contributed by atoms with van der Waals surface area (Å²) in [4.78, 5) is 8.76. The SMILES string of the molecule is Cc1nc(C(F)(F)F)cn1-c1ccc(-c2cccc(S(C)=O)c2)cc1-c1oc(CCO)nc1-c1ccc2c(c1)OC(F)(F)O2. The van der Waals surface area contributed by atoms with Crippen LogP contribution in [0.5, 0.6) is 11.5 Å². The second-order valence-corrected chi connectivity index (χ2v) is 11.2. The third kappa shape index (κ3) is 5.57. The molecule has 0 radical (unpaired) electrons. The van der Waals surface area contributed by atoms with Crippen molar-refractivity contribution in [1.82, 2.24) is 14.5 Å². The zero-order valence-corrected chi connectivity index (χ0v) is 23.8. The molecule has 3 heterocycles. The van der Waals surface area contributed by atoms with Gasteiger partial charge >= 0.3 is 12.5 Å². The van der Waals surface area contributed by atoms with E-state index in [0.29, 0.717) is 16.0 Å². The number of hydrogen-bond donors (Lipinski definition) is 1. The van der Waals surface area contributed by atoms with E-state index >= 15 is 0 Å². The van der Waals surface area contributed by atoms with Gasteiger partial charge < -0.3 is 23.6 Å². The molecule has 1 atom stereocenters. The van der Waals surface area contributed by atoms with Crippen LogP contribution in [-0.2, 0) is 23.4 Å². The average molecular weight is 632 g/mol. The number of aliphatic hydroxyl groups excluding tert-OH is 1. The number of aromatic nitrogens is 3. The molecule has 6 rings (SSSR count). The maximum atomic E-state index is 13.8. The summed E-state index contributed by atoms with van der Waals surface area (Å²) in [6, 6.07) is 15.9. The molecule has 2 aromatic heterocycles. The number of benzene rings is 3. The molecule has 0 saturated carbocycles. The minimum absolute atomic E-state index is 0.00265. The summed E-state index contributed by atoms with van der Waals surface area (Å²) in [6.45, 7) is 1.10. The summed E-state index contributed by atoms with van der Waals surface area (Å²) in [5.41, 5.74) is 1.17. The van der Waals surface area contributed by atoms with Gasteiger partial charge in [0.05, 0.1) is 12.3 Å². The molecular weight excluding hydrogens is 609 g/mol. The van der Waals surface area contributed by atoms with Gasteiger partial charge in [-0.1, -0.05) is 18.2 Å². The van der Waals surface area contributed by atoms with Crippen LogP contribution in [0.4, 0.5) is 22.0 Å². The first-order valence-corrected chi connectivity index (χ1v) is 14.6. The lowest BCUT2D eigenvalue weighted by Crippen LogP contribution is -2.25. The van der Waals surface area contributed by atoms with Gasteiger partial charge in [-0.3, -0.25) is 4.21 Å².